The Bertz CT molecular complexity index is 775. The Morgan fingerprint density at radius 1 is 1.21 bits per heavy atom. The van der Waals surface area contributed by atoms with E-state index in [1.54, 1.807) is 12.2 Å². The van der Waals surface area contributed by atoms with Crippen molar-refractivity contribution >= 4 is 11.8 Å². The molecule has 3 N–H and O–H groups in total. The summed E-state index contributed by atoms with van der Waals surface area (Å²) in [5.41, 5.74) is 0.918. The molecule has 1 aromatic carbocycles. The fraction of sp³-hybridized carbons (Fsp3) is 0.273. The lowest BCUT2D eigenvalue weighted by Gasteiger charge is -2.23. The van der Waals surface area contributed by atoms with Crippen LogP contribution >= 0.6 is 0 Å². The lowest BCUT2D eigenvalue weighted by molar-refractivity contribution is -0.150. The standard InChI is InChI=1S/C22H26N2O4/c1-4-15-24(22(28)20(26)19(25)21(27)23-3)16-14-17(2)10-8-9-13-18-11-6-5-7-12-18/h4-8,10-12,14,16-17,19-20,25-26H,1,15H2,2-3H3,(H,23,27)/b10-8+,16-14-. The third kappa shape index (κ3) is 7.62. The third-order valence-electron chi connectivity index (χ3n) is 3.72. The van der Waals surface area contributed by atoms with Crippen molar-refractivity contribution in [1.82, 2.24) is 10.2 Å². The summed E-state index contributed by atoms with van der Waals surface area (Å²) in [5.74, 6) is 4.28. The van der Waals surface area contributed by atoms with Crippen LogP contribution in [0.3, 0.4) is 0 Å². The Morgan fingerprint density at radius 3 is 2.50 bits per heavy atom. The number of nitrogens with zero attached hydrogens (tertiary/aromatic N) is 1. The minimum absolute atomic E-state index is 0.0359. The fourth-order valence-electron chi connectivity index (χ4n) is 2.11. The highest BCUT2D eigenvalue weighted by atomic mass is 16.3. The molecule has 0 heterocycles. The highest BCUT2D eigenvalue weighted by Gasteiger charge is 2.31. The van der Waals surface area contributed by atoms with Crippen LogP contribution in [0.1, 0.15) is 12.5 Å². The van der Waals surface area contributed by atoms with E-state index in [1.807, 2.05) is 43.3 Å². The smallest absolute Gasteiger partial charge is 0.258 e. The summed E-state index contributed by atoms with van der Waals surface area (Å²) in [5, 5.41) is 21.8. The molecule has 3 atom stereocenters. The summed E-state index contributed by atoms with van der Waals surface area (Å²) in [6.45, 7) is 5.60. The predicted octanol–water partition coefficient (Wildman–Crippen LogP) is 1.23. The van der Waals surface area contributed by atoms with Gasteiger partial charge in [0.15, 0.2) is 12.2 Å². The molecule has 0 bridgehead atoms. The Morgan fingerprint density at radius 2 is 1.89 bits per heavy atom. The van der Waals surface area contributed by atoms with Crippen LogP contribution in [0.5, 0.6) is 0 Å². The zero-order valence-corrected chi connectivity index (χ0v) is 16.1. The van der Waals surface area contributed by atoms with Crippen LogP contribution in [0.2, 0.25) is 0 Å². The average molecular weight is 382 g/mol. The molecule has 0 aromatic heterocycles. The molecule has 0 spiro atoms. The number of allylic oxidation sites excluding steroid dienone is 3. The maximum Gasteiger partial charge on any atom is 0.258 e. The van der Waals surface area contributed by atoms with Gasteiger partial charge in [0.2, 0.25) is 0 Å². The number of rotatable bonds is 8. The molecule has 0 saturated heterocycles. The van der Waals surface area contributed by atoms with Gasteiger partial charge < -0.3 is 20.4 Å². The van der Waals surface area contributed by atoms with Gasteiger partial charge in [0, 0.05) is 25.4 Å². The molecule has 0 aliphatic carbocycles. The molecular formula is C22H26N2O4. The van der Waals surface area contributed by atoms with Crippen molar-refractivity contribution < 1.29 is 19.8 Å². The van der Waals surface area contributed by atoms with Crippen molar-refractivity contribution in [2.45, 2.75) is 19.1 Å². The Labute approximate surface area is 165 Å². The second-order valence-corrected chi connectivity index (χ2v) is 5.98. The molecule has 0 aliphatic rings. The van der Waals surface area contributed by atoms with E-state index in [2.05, 4.69) is 23.7 Å². The van der Waals surface area contributed by atoms with Gasteiger partial charge in [-0.2, -0.15) is 0 Å². The van der Waals surface area contributed by atoms with Crippen molar-refractivity contribution in [2.75, 3.05) is 13.6 Å². The largest absolute Gasteiger partial charge is 0.380 e. The van der Waals surface area contributed by atoms with Crippen LogP contribution in [-0.4, -0.2) is 52.7 Å². The normalized spacial score (nSPS) is 14.0. The minimum Gasteiger partial charge on any atom is -0.380 e. The van der Waals surface area contributed by atoms with E-state index < -0.39 is 24.0 Å². The molecule has 28 heavy (non-hydrogen) atoms. The summed E-state index contributed by atoms with van der Waals surface area (Å²) in [4.78, 5) is 24.9. The number of hydrogen-bond donors (Lipinski definition) is 3. The number of aliphatic hydroxyl groups excluding tert-OH is 2. The van der Waals surface area contributed by atoms with Gasteiger partial charge in [-0.3, -0.25) is 9.59 Å². The van der Waals surface area contributed by atoms with E-state index in [9.17, 15) is 19.8 Å². The summed E-state index contributed by atoms with van der Waals surface area (Å²) < 4.78 is 0. The van der Waals surface area contributed by atoms with E-state index in [0.29, 0.717) is 0 Å². The molecule has 0 saturated carbocycles. The summed E-state index contributed by atoms with van der Waals surface area (Å²) in [6.07, 6.45) is 4.58. The summed E-state index contributed by atoms with van der Waals surface area (Å²) >= 11 is 0. The molecule has 0 aliphatic heterocycles. The first-order valence-electron chi connectivity index (χ1n) is 8.81. The Kier molecular flexibility index (Phi) is 10.0. The topological polar surface area (TPSA) is 89.9 Å². The summed E-state index contributed by atoms with van der Waals surface area (Å²) in [6, 6.07) is 9.59. The van der Waals surface area contributed by atoms with E-state index in [4.69, 9.17) is 0 Å². The average Bonchev–Trinajstić information content (AvgIpc) is 2.72. The number of carbonyl (C=O) groups excluding carboxylic acids is 2. The first-order valence-corrected chi connectivity index (χ1v) is 8.81. The van der Waals surface area contributed by atoms with Gasteiger partial charge in [-0.15, -0.1) is 6.58 Å². The monoisotopic (exact) mass is 382 g/mol. The van der Waals surface area contributed by atoms with Crippen LogP contribution < -0.4 is 5.32 Å². The van der Waals surface area contributed by atoms with Gasteiger partial charge >= 0.3 is 0 Å². The Balaban J connectivity index is 2.73. The molecule has 6 heteroatoms. The van der Waals surface area contributed by atoms with Crippen LogP contribution in [-0.2, 0) is 9.59 Å². The van der Waals surface area contributed by atoms with Crippen LogP contribution in [0, 0.1) is 17.8 Å². The highest BCUT2D eigenvalue weighted by Crippen LogP contribution is 2.06. The second-order valence-electron chi connectivity index (χ2n) is 5.98. The number of benzene rings is 1. The van der Waals surface area contributed by atoms with Gasteiger partial charge in [0.25, 0.3) is 11.8 Å². The lowest BCUT2D eigenvalue weighted by atomic mass is 10.1. The maximum atomic E-state index is 12.3. The van der Waals surface area contributed by atoms with Crippen molar-refractivity contribution in [3.05, 3.63) is 73.0 Å². The minimum atomic E-state index is -1.87. The van der Waals surface area contributed by atoms with Gasteiger partial charge in [-0.25, -0.2) is 0 Å². The zero-order chi connectivity index (χ0) is 20.9. The van der Waals surface area contributed by atoms with Gasteiger partial charge in [0.1, 0.15) is 0 Å². The number of nitrogens with one attached hydrogen (secondary N) is 1. The molecule has 0 fully saturated rings. The quantitative estimate of drug-likeness (QED) is 0.466. The molecule has 6 nitrogen and oxygen atoms in total. The molecule has 1 rings (SSSR count). The van der Waals surface area contributed by atoms with Crippen LogP contribution in [0.25, 0.3) is 0 Å². The predicted molar refractivity (Wildman–Crippen MR) is 109 cm³/mol. The second kappa shape index (κ2) is 12.3. The lowest BCUT2D eigenvalue weighted by Crippen LogP contribution is -2.49. The third-order valence-corrected chi connectivity index (χ3v) is 3.72. The zero-order valence-electron chi connectivity index (χ0n) is 16.1. The van der Waals surface area contributed by atoms with E-state index in [0.717, 1.165) is 5.56 Å². The number of aliphatic hydroxyl groups is 2. The summed E-state index contributed by atoms with van der Waals surface area (Å²) in [7, 11) is 1.30. The fourth-order valence-corrected chi connectivity index (χ4v) is 2.11. The van der Waals surface area contributed by atoms with Gasteiger partial charge in [-0.05, 0) is 24.1 Å². The van der Waals surface area contributed by atoms with Crippen molar-refractivity contribution in [3.8, 4) is 11.8 Å². The maximum absolute atomic E-state index is 12.3. The van der Waals surface area contributed by atoms with Gasteiger partial charge in [-0.1, -0.05) is 55.2 Å². The molecule has 2 amide bonds. The number of hydrogen-bond acceptors (Lipinski definition) is 4. The van der Waals surface area contributed by atoms with E-state index >= 15 is 0 Å². The number of amides is 2. The van der Waals surface area contributed by atoms with Crippen molar-refractivity contribution in [3.63, 3.8) is 0 Å². The molecular weight excluding hydrogens is 356 g/mol. The van der Waals surface area contributed by atoms with Crippen LogP contribution in [0.15, 0.2) is 67.4 Å². The SMILES string of the molecule is C=CCN(/C=C\C(C)/C=C/C#Cc1ccccc1)C(=O)C(O)C(O)C(=O)NC. The molecule has 148 valence electrons. The molecule has 1 aromatic rings. The molecule has 3 unspecified atom stereocenters. The number of likely N-dealkylation sites (N-methyl/N-ethyl adjacent to an activating group) is 1. The van der Waals surface area contributed by atoms with Crippen LogP contribution in [0.4, 0.5) is 0 Å². The Hall–Kier alpha value is -3.14. The first kappa shape index (κ1) is 22.9. The van der Waals surface area contributed by atoms with E-state index in [-0.39, 0.29) is 12.5 Å². The van der Waals surface area contributed by atoms with Crippen molar-refractivity contribution in [2.24, 2.45) is 5.92 Å². The highest BCUT2D eigenvalue weighted by molar-refractivity contribution is 5.91. The van der Waals surface area contributed by atoms with E-state index in [1.165, 1.54) is 24.2 Å². The first-order chi connectivity index (χ1) is 13.4. The molecule has 0 radical (unpaired) electrons. The number of carbonyl (C=O) groups is 2. The van der Waals surface area contributed by atoms with Crippen molar-refractivity contribution in [1.29, 1.82) is 0 Å². The van der Waals surface area contributed by atoms with Gasteiger partial charge in [0.05, 0.1) is 0 Å².